The highest BCUT2D eigenvalue weighted by Gasteiger charge is 2.19. The second-order valence-electron chi connectivity index (χ2n) is 6.12. The molecule has 128 valence electrons. The Labute approximate surface area is 141 Å². The lowest BCUT2D eigenvalue weighted by Gasteiger charge is -2.18. The van der Waals surface area contributed by atoms with Crippen molar-refractivity contribution in [1.82, 2.24) is 9.88 Å². The molecule has 0 radical (unpaired) electrons. The van der Waals surface area contributed by atoms with Gasteiger partial charge < -0.3 is 14.6 Å². The van der Waals surface area contributed by atoms with Crippen molar-refractivity contribution in [2.75, 3.05) is 13.2 Å². The van der Waals surface area contributed by atoms with Gasteiger partial charge in [0, 0.05) is 36.5 Å². The van der Waals surface area contributed by atoms with Crippen LogP contribution >= 0.6 is 0 Å². The van der Waals surface area contributed by atoms with Crippen molar-refractivity contribution in [3.8, 4) is 5.75 Å². The minimum atomic E-state index is -0.261. The first kappa shape index (κ1) is 16.7. The molecule has 5 heteroatoms. The van der Waals surface area contributed by atoms with Gasteiger partial charge >= 0.3 is 0 Å². The number of nitrogens with one attached hydrogen (secondary N) is 1. The quantitative estimate of drug-likeness (QED) is 0.827. The molecule has 3 rings (SSSR count). The van der Waals surface area contributed by atoms with Crippen LogP contribution < -0.4 is 15.6 Å². The number of benzene rings is 1. The van der Waals surface area contributed by atoms with Crippen LogP contribution in [0.5, 0.6) is 5.75 Å². The fraction of sp³-hybridized carbons (Fsp3) is 0.421. The van der Waals surface area contributed by atoms with Crippen molar-refractivity contribution in [2.24, 2.45) is 0 Å². The molecule has 0 unspecified atom stereocenters. The number of aryl methyl sites for hydroxylation is 1. The number of ether oxygens (including phenoxy) is 1. The first-order valence-electron chi connectivity index (χ1n) is 8.55. The summed E-state index contributed by atoms with van der Waals surface area (Å²) in [5.41, 5.74) is 1.08. The van der Waals surface area contributed by atoms with Crippen LogP contribution in [0.15, 0.2) is 47.4 Å². The number of unbranched alkanes of at least 4 members (excludes halogenated alkanes) is 1. The molecule has 1 aromatic carbocycles. The molecule has 0 fully saturated rings. The van der Waals surface area contributed by atoms with Crippen LogP contribution in [-0.4, -0.2) is 17.7 Å². The van der Waals surface area contributed by atoms with Gasteiger partial charge in [0.15, 0.2) is 0 Å². The predicted molar refractivity (Wildman–Crippen MR) is 91.8 cm³/mol. The molecular weight excluding hydrogens is 307 g/mol. The zero-order valence-electron chi connectivity index (χ0n) is 13.7. The van der Waals surface area contributed by atoms with Crippen LogP contribution in [0.3, 0.4) is 0 Å². The van der Waals surface area contributed by atoms with Crippen LogP contribution in [0.2, 0.25) is 0 Å². The summed E-state index contributed by atoms with van der Waals surface area (Å²) in [6.45, 7) is 2.23. The molecule has 0 saturated heterocycles. The number of fused-ring (bicyclic) bond motifs is 1. The zero-order chi connectivity index (χ0) is 16.8. The molecule has 4 nitrogen and oxygen atoms in total. The Bertz CT molecular complexity index is 729. The topological polar surface area (TPSA) is 43.3 Å². The normalized spacial score (nSPS) is 17.0. The van der Waals surface area contributed by atoms with Crippen LogP contribution in [-0.2, 0) is 6.54 Å². The number of hydrogen-bond donors (Lipinski definition) is 1. The molecule has 0 spiro atoms. The number of nitrogens with zero attached hydrogens (tertiary/aromatic N) is 1. The number of rotatable bonds is 6. The van der Waals surface area contributed by atoms with E-state index >= 15 is 0 Å². The first-order chi connectivity index (χ1) is 11.7. The second kappa shape index (κ2) is 8.11. The third-order valence-electron chi connectivity index (χ3n) is 4.36. The summed E-state index contributed by atoms with van der Waals surface area (Å²) in [5, 5.41) is 3.55. The second-order valence-corrected chi connectivity index (χ2v) is 6.12. The zero-order valence-corrected chi connectivity index (χ0v) is 13.7. The maximum absolute atomic E-state index is 13.4. The number of hydrogen-bond acceptors (Lipinski definition) is 3. The van der Waals surface area contributed by atoms with Gasteiger partial charge in [-0.15, -0.1) is 0 Å². The smallest absolute Gasteiger partial charge is 0.250 e. The summed E-state index contributed by atoms with van der Waals surface area (Å²) in [6, 6.07) is 10.2. The monoisotopic (exact) mass is 330 g/mol. The minimum Gasteiger partial charge on any atom is -0.493 e. The molecule has 24 heavy (non-hydrogen) atoms. The van der Waals surface area contributed by atoms with Gasteiger partial charge in [0.1, 0.15) is 11.6 Å². The Hall–Kier alpha value is -2.14. The SMILES string of the molecule is O=c1ccccn1CCCCN[C@@H]1CCCOc2cc(F)ccc21. The van der Waals surface area contributed by atoms with Gasteiger partial charge in [-0.25, -0.2) is 4.39 Å². The summed E-state index contributed by atoms with van der Waals surface area (Å²) < 4.78 is 20.7. The van der Waals surface area contributed by atoms with Crippen LogP contribution in [0, 0.1) is 5.82 Å². The molecule has 0 saturated carbocycles. The van der Waals surface area contributed by atoms with Gasteiger partial charge in [-0.05, 0) is 44.4 Å². The molecule has 0 bridgehead atoms. The van der Waals surface area contributed by atoms with Crippen molar-refractivity contribution >= 4 is 0 Å². The molecule has 2 heterocycles. The van der Waals surface area contributed by atoms with E-state index in [2.05, 4.69) is 5.32 Å². The number of aromatic nitrogens is 1. The summed E-state index contributed by atoms with van der Waals surface area (Å²) in [5.74, 6) is 0.392. The van der Waals surface area contributed by atoms with E-state index in [1.54, 1.807) is 16.7 Å². The molecule has 1 aromatic heterocycles. The molecular formula is C19H23FN2O2. The molecule has 1 aliphatic heterocycles. The lowest BCUT2D eigenvalue weighted by atomic mass is 10.0. The minimum absolute atomic E-state index is 0.0438. The molecule has 0 amide bonds. The van der Waals surface area contributed by atoms with Crippen LogP contribution in [0.25, 0.3) is 0 Å². The van der Waals surface area contributed by atoms with Crippen LogP contribution in [0.4, 0.5) is 4.39 Å². The molecule has 1 aliphatic rings. The first-order valence-corrected chi connectivity index (χ1v) is 8.55. The van der Waals surface area contributed by atoms with Crippen LogP contribution in [0.1, 0.15) is 37.3 Å². The molecule has 2 aromatic rings. The van der Waals surface area contributed by atoms with Crippen molar-refractivity contribution < 1.29 is 9.13 Å². The summed E-state index contributed by atoms with van der Waals surface area (Å²) in [4.78, 5) is 11.6. The number of halogens is 1. The highest BCUT2D eigenvalue weighted by Crippen LogP contribution is 2.31. The lowest BCUT2D eigenvalue weighted by molar-refractivity contribution is 0.313. The summed E-state index contributed by atoms with van der Waals surface area (Å²) >= 11 is 0. The van der Waals surface area contributed by atoms with Crippen molar-refractivity contribution in [2.45, 2.75) is 38.3 Å². The van der Waals surface area contributed by atoms with Gasteiger partial charge in [-0.1, -0.05) is 12.1 Å². The van der Waals surface area contributed by atoms with Gasteiger partial charge in [0.05, 0.1) is 6.61 Å². The van der Waals surface area contributed by atoms with Gasteiger partial charge in [0.25, 0.3) is 0 Å². The Kier molecular flexibility index (Phi) is 5.64. The van der Waals surface area contributed by atoms with E-state index in [9.17, 15) is 9.18 Å². The maximum Gasteiger partial charge on any atom is 0.250 e. The number of pyridine rings is 1. The van der Waals surface area contributed by atoms with Crippen molar-refractivity contribution in [3.05, 3.63) is 64.3 Å². The molecule has 0 aliphatic carbocycles. The van der Waals surface area contributed by atoms with E-state index in [1.807, 2.05) is 18.3 Å². The van der Waals surface area contributed by atoms with Gasteiger partial charge in [-0.2, -0.15) is 0 Å². The van der Waals surface area contributed by atoms with E-state index in [-0.39, 0.29) is 17.4 Å². The Morgan fingerprint density at radius 3 is 3.04 bits per heavy atom. The Morgan fingerprint density at radius 2 is 2.17 bits per heavy atom. The highest BCUT2D eigenvalue weighted by atomic mass is 19.1. The molecule has 1 atom stereocenters. The van der Waals surface area contributed by atoms with E-state index in [0.29, 0.717) is 12.4 Å². The van der Waals surface area contributed by atoms with Crippen molar-refractivity contribution in [3.63, 3.8) is 0 Å². The molecule has 1 N–H and O–H groups in total. The third-order valence-corrected chi connectivity index (χ3v) is 4.36. The lowest BCUT2D eigenvalue weighted by Crippen LogP contribution is -2.23. The predicted octanol–water partition coefficient (Wildman–Crippen LogP) is 3.27. The average Bonchev–Trinajstić information content (AvgIpc) is 2.78. The largest absolute Gasteiger partial charge is 0.493 e. The standard InChI is InChI=1S/C19H23FN2O2/c20-15-8-9-16-17(6-5-13-24-18(16)14-15)21-10-2-4-12-22-11-3-1-7-19(22)23/h1,3,7-9,11,14,17,21H,2,4-6,10,12-13H2/t17-/m1/s1. The summed E-state index contributed by atoms with van der Waals surface area (Å²) in [7, 11) is 0. The fourth-order valence-corrected chi connectivity index (χ4v) is 3.09. The van der Waals surface area contributed by atoms with E-state index < -0.39 is 0 Å². The van der Waals surface area contributed by atoms with Crippen molar-refractivity contribution in [1.29, 1.82) is 0 Å². The van der Waals surface area contributed by atoms with Gasteiger partial charge in [-0.3, -0.25) is 4.79 Å². The highest BCUT2D eigenvalue weighted by molar-refractivity contribution is 5.37. The van der Waals surface area contributed by atoms with E-state index in [0.717, 1.165) is 44.3 Å². The average molecular weight is 330 g/mol. The fourth-order valence-electron chi connectivity index (χ4n) is 3.09. The van der Waals surface area contributed by atoms with Gasteiger partial charge in [0.2, 0.25) is 5.56 Å². The maximum atomic E-state index is 13.4. The van der Waals surface area contributed by atoms with E-state index in [1.165, 1.54) is 12.1 Å². The summed E-state index contributed by atoms with van der Waals surface area (Å²) in [6.07, 6.45) is 5.68. The Balaban J connectivity index is 1.50. The van der Waals surface area contributed by atoms with E-state index in [4.69, 9.17) is 4.74 Å². The third kappa shape index (κ3) is 4.23. The Morgan fingerprint density at radius 1 is 1.25 bits per heavy atom.